The van der Waals surface area contributed by atoms with Crippen molar-refractivity contribution in [3.8, 4) is 0 Å². The smallest absolute Gasteiger partial charge is 0.0793 e. The minimum Gasteiger partial charge on any atom is -0.390 e. The fourth-order valence-electron chi connectivity index (χ4n) is 3.50. The Labute approximate surface area is 140 Å². The molecule has 2 aliphatic rings. The molecule has 1 aromatic carbocycles. The molecule has 23 heavy (non-hydrogen) atoms. The summed E-state index contributed by atoms with van der Waals surface area (Å²) in [5.74, 6) is 0.985. The molecule has 0 amide bonds. The summed E-state index contributed by atoms with van der Waals surface area (Å²) in [6.07, 6.45) is 2.61. The number of hydrogen-bond acceptors (Lipinski definition) is 4. The van der Waals surface area contributed by atoms with Crippen molar-refractivity contribution in [2.24, 2.45) is 5.92 Å². The van der Waals surface area contributed by atoms with Gasteiger partial charge < -0.3 is 10.0 Å². The van der Waals surface area contributed by atoms with E-state index in [4.69, 9.17) is 0 Å². The molecule has 1 saturated carbocycles. The van der Waals surface area contributed by atoms with Crippen LogP contribution in [0, 0.1) is 5.92 Å². The van der Waals surface area contributed by atoms with Gasteiger partial charge in [0, 0.05) is 52.4 Å². The molecule has 1 unspecified atom stereocenters. The van der Waals surface area contributed by atoms with Crippen molar-refractivity contribution in [3.05, 3.63) is 35.9 Å². The summed E-state index contributed by atoms with van der Waals surface area (Å²) in [5.41, 5.74) is 1.30. The number of aliphatic hydroxyl groups is 1. The Balaban J connectivity index is 1.33. The standard InChI is InChI=1S/C19H31N3O/c1-20(13-17-5-3-2-4-6-17)15-19(23)16-22-11-9-21(10-12-22)14-18-7-8-18/h2-6,18-19,23H,7-16H2,1H3. The quantitative estimate of drug-likeness (QED) is 0.787. The van der Waals surface area contributed by atoms with E-state index in [1.165, 1.54) is 38.0 Å². The first-order valence-electron chi connectivity index (χ1n) is 9.04. The molecule has 0 spiro atoms. The Kier molecular flexibility index (Phi) is 6.06. The van der Waals surface area contributed by atoms with E-state index in [1.54, 1.807) is 0 Å². The molecule has 0 aromatic heterocycles. The van der Waals surface area contributed by atoms with Gasteiger partial charge in [0.15, 0.2) is 0 Å². The van der Waals surface area contributed by atoms with Gasteiger partial charge in [-0.25, -0.2) is 0 Å². The Morgan fingerprint density at radius 3 is 2.39 bits per heavy atom. The number of hydrogen-bond donors (Lipinski definition) is 1. The van der Waals surface area contributed by atoms with Crippen molar-refractivity contribution < 1.29 is 5.11 Å². The maximum Gasteiger partial charge on any atom is 0.0793 e. The van der Waals surface area contributed by atoms with Crippen LogP contribution in [0.2, 0.25) is 0 Å². The third-order valence-corrected chi connectivity index (χ3v) is 4.96. The van der Waals surface area contributed by atoms with Crippen LogP contribution in [0.1, 0.15) is 18.4 Å². The Bertz CT molecular complexity index is 455. The molecule has 1 N–H and O–H groups in total. The van der Waals surface area contributed by atoms with Crippen LogP contribution < -0.4 is 0 Å². The van der Waals surface area contributed by atoms with Crippen LogP contribution in [0.5, 0.6) is 0 Å². The zero-order chi connectivity index (χ0) is 16.1. The third-order valence-electron chi connectivity index (χ3n) is 4.96. The van der Waals surface area contributed by atoms with Gasteiger partial charge >= 0.3 is 0 Å². The highest BCUT2D eigenvalue weighted by molar-refractivity contribution is 5.14. The molecular weight excluding hydrogens is 286 g/mol. The average molecular weight is 317 g/mol. The van der Waals surface area contributed by atoms with Crippen molar-refractivity contribution in [1.29, 1.82) is 0 Å². The molecule has 2 fully saturated rings. The number of β-amino-alcohol motifs (C(OH)–C–C–N with tert-alkyl or cyclic N) is 1. The Hall–Kier alpha value is -0.940. The van der Waals surface area contributed by atoms with Crippen LogP contribution in [0.25, 0.3) is 0 Å². The summed E-state index contributed by atoms with van der Waals surface area (Å²) in [6, 6.07) is 10.5. The van der Waals surface area contributed by atoms with Gasteiger partial charge in [0.2, 0.25) is 0 Å². The van der Waals surface area contributed by atoms with E-state index in [1.807, 2.05) is 6.07 Å². The first-order chi connectivity index (χ1) is 11.2. The maximum atomic E-state index is 10.4. The van der Waals surface area contributed by atoms with Crippen molar-refractivity contribution in [2.75, 3.05) is 52.9 Å². The first-order valence-corrected chi connectivity index (χ1v) is 9.04. The number of aliphatic hydroxyl groups excluding tert-OH is 1. The lowest BCUT2D eigenvalue weighted by Gasteiger charge is -2.36. The Morgan fingerprint density at radius 2 is 1.74 bits per heavy atom. The number of likely N-dealkylation sites (N-methyl/N-ethyl adjacent to an activating group) is 1. The van der Waals surface area contributed by atoms with E-state index < -0.39 is 0 Å². The maximum absolute atomic E-state index is 10.4. The van der Waals surface area contributed by atoms with Crippen molar-refractivity contribution in [2.45, 2.75) is 25.5 Å². The molecule has 1 heterocycles. The van der Waals surface area contributed by atoms with E-state index in [0.29, 0.717) is 0 Å². The van der Waals surface area contributed by atoms with Crippen molar-refractivity contribution in [3.63, 3.8) is 0 Å². The minimum absolute atomic E-state index is 0.265. The SMILES string of the molecule is CN(Cc1ccccc1)CC(O)CN1CCN(CC2CC2)CC1. The number of piperazine rings is 1. The van der Waals surface area contributed by atoms with Gasteiger partial charge in [-0.2, -0.15) is 0 Å². The monoisotopic (exact) mass is 317 g/mol. The molecule has 1 atom stereocenters. The molecular formula is C19H31N3O. The molecule has 4 heteroatoms. The molecule has 3 rings (SSSR count). The predicted molar refractivity (Wildman–Crippen MR) is 94.4 cm³/mol. The largest absolute Gasteiger partial charge is 0.390 e. The van der Waals surface area contributed by atoms with Crippen LogP contribution >= 0.6 is 0 Å². The highest BCUT2D eigenvalue weighted by Gasteiger charge is 2.26. The van der Waals surface area contributed by atoms with Crippen LogP contribution in [-0.4, -0.2) is 78.8 Å². The van der Waals surface area contributed by atoms with Crippen molar-refractivity contribution in [1.82, 2.24) is 14.7 Å². The fourth-order valence-corrected chi connectivity index (χ4v) is 3.50. The third kappa shape index (κ3) is 5.88. The number of rotatable bonds is 8. The lowest BCUT2D eigenvalue weighted by atomic mass is 10.2. The van der Waals surface area contributed by atoms with E-state index in [9.17, 15) is 5.11 Å². The second kappa shape index (κ2) is 8.25. The van der Waals surface area contributed by atoms with E-state index in [2.05, 4.69) is 46.0 Å². The van der Waals surface area contributed by atoms with Gasteiger partial charge in [-0.05, 0) is 31.4 Å². The van der Waals surface area contributed by atoms with Gasteiger partial charge in [0.05, 0.1) is 6.10 Å². The molecule has 0 bridgehead atoms. The van der Waals surface area contributed by atoms with Gasteiger partial charge in [-0.15, -0.1) is 0 Å². The van der Waals surface area contributed by atoms with E-state index in [-0.39, 0.29) is 6.10 Å². The summed E-state index contributed by atoms with van der Waals surface area (Å²) in [5, 5.41) is 10.4. The molecule has 0 radical (unpaired) electrons. The fraction of sp³-hybridized carbons (Fsp3) is 0.684. The molecule has 128 valence electrons. The predicted octanol–water partition coefficient (Wildman–Crippen LogP) is 1.51. The molecule has 1 aromatic rings. The first kappa shape index (κ1) is 16.9. The average Bonchev–Trinajstić information content (AvgIpc) is 3.34. The van der Waals surface area contributed by atoms with Crippen LogP contribution in [-0.2, 0) is 6.54 Å². The minimum atomic E-state index is -0.265. The summed E-state index contributed by atoms with van der Waals surface area (Å²) < 4.78 is 0. The van der Waals surface area contributed by atoms with Crippen LogP contribution in [0.15, 0.2) is 30.3 Å². The normalized spacial score (nSPS) is 21.7. The zero-order valence-corrected chi connectivity index (χ0v) is 14.4. The highest BCUT2D eigenvalue weighted by Crippen LogP contribution is 2.29. The Morgan fingerprint density at radius 1 is 1.09 bits per heavy atom. The lowest BCUT2D eigenvalue weighted by molar-refractivity contribution is 0.0532. The van der Waals surface area contributed by atoms with Crippen molar-refractivity contribution >= 4 is 0 Å². The van der Waals surface area contributed by atoms with E-state index >= 15 is 0 Å². The molecule has 1 saturated heterocycles. The highest BCUT2D eigenvalue weighted by atomic mass is 16.3. The van der Waals surface area contributed by atoms with Crippen LogP contribution in [0.4, 0.5) is 0 Å². The summed E-state index contributed by atoms with van der Waals surface area (Å²) >= 11 is 0. The van der Waals surface area contributed by atoms with Gasteiger partial charge in [-0.3, -0.25) is 9.80 Å². The summed E-state index contributed by atoms with van der Waals surface area (Å²) in [6.45, 7) is 8.28. The molecule has 4 nitrogen and oxygen atoms in total. The number of benzene rings is 1. The molecule has 1 aliphatic heterocycles. The topological polar surface area (TPSA) is 30.0 Å². The van der Waals surface area contributed by atoms with E-state index in [0.717, 1.165) is 38.6 Å². The number of nitrogens with zero attached hydrogens (tertiary/aromatic N) is 3. The van der Waals surface area contributed by atoms with Gasteiger partial charge in [-0.1, -0.05) is 30.3 Å². The molecule has 1 aliphatic carbocycles. The summed E-state index contributed by atoms with van der Waals surface area (Å²) in [4.78, 5) is 7.23. The second-order valence-corrected chi connectivity index (χ2v) is 7.38. The van der Waals surface area contributed by atoms with Gasteiger partial charge in [0.1, 0.15) is 0 Å². The lowest BCUT2D eigenvalue weighted by Crippen LogP contribution is -2.50. The van der Waals surface area contributed by atoms with Gasteiger partial charge in [0.25, 0.3) is 0 Å². The zero-order valence-electron chi connectivity index (χ0n) is 14.4. The second-order valence-electron chi connectivity index (χ2n) is 7.38. The summed E-state index contributed by atoms with van der Waals surface area (Å²) in [7, 11) is 2.09. The van der Waals surface area contributed by atoms with Crippen LogP contribution in [0.3, 0.4) is 0 Å².